The van der Waals surface area contributed by atoms with Crippen LogP contribution in [-0.4, -0.2) is 61.6 Å². The molecule has 1 amide bonds. The van der Waals surface area contributed by atoms with Gasteiger partial charge >= 0.3 is 0 Å². The molecule has 3 aromatic rings. The lowest BCUT2D eigenvalue weighted by molar-refractivity contribution is -0.116. The smallest absolute Gasteiger partial charge is 0.244 e. The Bertz CT molecular complexity index is 1170. The number of aromatic nitrogens is 1. The number of benzene rings is 2. The van der Waals surface area contributed by atoms with Crippen molar-refractivity contribution in [3.8, 4) is 5.75 Å². The van der Waals surface area contributed by atoms with Crippen molar-refractivity contribution in [3.05, 3.63) is 60.2 Å². The van der Waals surface area contributed by atoms with Gasteiger partial charge < -0.3 is 15.0 Å². The number of hydrogen-bond acceptors (Lipinski definition) is 6. The zero-order valence-corrected chi connectivity index (χ0v) is 21.9. The number of carbonyl (C=O) groups is 1. The molecule has 1 aliphatic carbocycles. The van der Waals surface area contributed by atoms with Gasteiger partial charge in [-0.05, 0) is 72.1 Å². The van der Waals surface area contributed by atoms with Gasteiger partial charge in [0, 0.05) is 50.7 Å². The fourth-order valence-corrected chi connectivity index (χ4v) is 6.34. The van der Waals surface area contributed by atoms with Crippen LogP contribution in [0.1, 0.15) is 31.2 Å². The molecule has 0 bridgehead atoms. The summed E-state index contributed by atoms with van der Waals surface area (Å²) in [7, 11) is 1.65. The highest BCUT2D eigenvalue weighted by atomic mass is 32.1. The highest BCUT2D eigenvalue weighted by molar-refractivity contribution is 7.13. The molecule has 0 unspecified atom stereocenters. The SMILES string of the molecule is COc1ccc(/C=C/C(=O)NC[C@H]2CCCC[C@@H]2CN2CCN(c3nsc4ccccc34)CC2)cc1. The quantitative estimate of drug-likeness (QED) is 0.435. The van der Waals surface area contributed by atoms with Crippen LogP contribution in [-0.2, 0) is 4.79 Å². The van der Waals surface area contributed by atoms with Crippen LogP contribution >= 0.6 is 11.5 Å². The van der Waals surface area contributed by atoms with E-state index in [1.54, 1.807) is 24.7 Å². The highest BCUT2D eigenvalue weighted by Crippen LogP contribution is 2.32. The van der Waals surface area contributed by atoms with Crippen molar-refractivity contribution >= 4 is 39.4 Å². The van der Waals surface area contributed by atoms with Crippen molar-refractivity contribution in [2.45, 2.75) is 25.7 Å². The number of hydrogen-bond donors (Lipinski definition) is 1. The molecule has 1 saturated heterocycles. The van der Waals surface area contributed by atoms with E-state index in [-0.39, 0.29) is 5.91 Å². The molecular formula is C29H36N4O2S. The average molecular weight is 505 g/mol. The summed E-state index contributed by atoms with van der Waals surface area (Å²) in [5.41, 5.74) is 0.992. The first-order chi connectivity index (χ1) is 17.7. The number of carbonyl (C=O) groups excluding carboxylic acids is 1. The van der Waals surface area contributed by atoms with E-state index < -0.39 is 0 Å². The monoisotopic (exact) mass is 504 g/mol. The number of amides is 1. The van der Waals surface area contributed by atoms with Gasteiger partial charge in [-0.15, -0.1) is 0 Å². The van der Waals surface area contributed by atoms with Crippen LogP contribution in [0.25, 0.3) is 16.2 Å². The standard InChI is InChI=1S/C29H36N4O2S/c1-35-25-13-10-22(11-14-25)12-15-28(34)30-20-23-6-2-3-7-24(23)21-32-16-18-33(19-17-32)29-26-8-4-5-9-27(26)36-31-29/h4-5,8-15,23-24H,2-3,6-7,16-21H2,1H3,(H,30,34)/b15-12+/t23-,24-/m1/s1. The summed E-state index contributed by atoms with van der Waals surface area (Å²) >= 11 is 1.60. The van der Waals surface area contributed by atoms with Crippen molar-refractivity contribution < 1.29 is 9.53 Å². The molecule has 2 atom stereocenters. The lowest BCUT2D eigenvalue weighted by Gasteiger charge is -2.40. The van der Waals surface area contributed by atoms with Gasteiger partial charge in [0.2, 0.25) is 5.91 Å². The van der Waals surface area contributed by atoms with E-state index in [0.29, 0.717) is 11.8 Å². The highest BCUT2D eigenvalue weighted by Gasteiger charge is 2.29. The summed E-state index contributed by atoms with van der Waals surface area (Å²) in [5, 5.41) is 4.45. The molecule has 2 heterocycles. The van der Waals surface area contributed by atoms with Crippen LogP contribution in [0, 0.1) is 11.8 Å². The molecule has 7 heteroatoms. The summed E-state index contributed by atoms with van der Waals surface area (Å²) < 4.78 is 11.2. The number of nitrogens with zero attached hydrogens (tertiary/aromatic N) is 3. The lowest BCUT2D eigenvalue weighted by Crippen LogP contribution is -2.49. The molecule has 2 fully saturated rings. The van der Waals surface area contributed by atoms with Gasteiger partial charge in [0.1, 0.15) is 11.6 Å². The van der Waals surface area contributed by atoms with Gasteiger partial charge in [-0.25, -0.2) is 0 Å². The second-order valence-electron chi connectivity index (χ2n) is 9.95. The molecule has 190 valence electrons. The number of anilines is 1. The van der Waals surface area contributed by atoms with E-state index >= 15 is 0 Å². The minimum atomic E-state index is -0.0146. The third-order valence-corrected chi connectivity index (χ3v) is 8.49. The first-order valence-electron chi connectivity index (χ1n) is 13.1. The normalized spacial score (nSPS) is 21.2. The van der Waals surface area contributed by atoms with E-state index in [1.165, 1.54) is 35.8 Å². The number of piperazine rings is 1. The topological polar surface area (TPSA) is 57.7 Å². The van der Waals surface area contributed by atoms with Gasteiger partial charge in [0.05, 0.1) is 11.8 Å². The zero-order chi connectivity index (χ0) is 24.7. The molecule has 1 N–H and O–H groups in total. The predicted octanol–water partition coefficient (Wildman–Crippen LogP) is 5.06. The molecule has 1 saturated carbocycles. The van der Waals surface area contributed by atoms with Crippen molar-refractivity contribution in [1.29, 1.82) is 0 Å². The van der Waals surface area contributed by atoms with Crippen LogP contribution in [0.3, 0.4) is 0 Å². The lowest BCUT2D eigenvalue weighted by atomic mass is 9.78. The van der Waals surface area contributed by atoms with Gasteiger partial charge in [-0.3, -0.25) is 9.69 Å². The summed E-state index contributed by atoms with van der Waals surface area (Å²) in [6, 6.07) is 16.3. The Balaban J connectivity index is 1.10. The first-order valence-corrected chi connectivity index (χ1v) is 13.9. The minimum absolute atomic E-state index is 0.0146. The third-order valence-electron chi connectivity index (χ3n) is 7.67. The Labute approximate surface area is 218 Å². The maximum absolute atomic E-state index is 12.5. The molecule has 0 spiro atoms. The van der Waals surface area contributed by atoms with Crippen molar-refractivity contribution in [2.75, 3.05) is 51.3 Å². The number of fused-ring (bicyclic) bond motifs is 1. The van der Waals surface area contributed by atoms with Crippen molar-refractivity contribution in [3.63, 3.8) is 0 Å². The number of rotatable bonds is 8. The Kier molecular flexibility index (Phi) is 8.18. The van der Waals surface area contributed by atoms with Crippen molar-refractivity contribution in [2.24, 2.45) is 11.8 Å². The summed E-state index contributed by atoms with van der Waals surface area (Å²) in [6.07, 6.45) is 8.54. The molecule has 36 heavy (non-hydrogen) atoms. The van der Waals surface area contributed by atoms with Gasteiger partial charge in [0.15, 0.2) is 0 Å². The molecule has 1 aliphatic heterocycles. The Morgan fingerprint density at radius 2 is 1.81 bits per heavy atom. The Hall–Kier alpha value is -2.90. The van der Waals surface area contributed by atoms with Crippen LogP contribution < -0.4 is 15.0 Å². The summed E-state index contributed by atoms with van der Waals surface area (Å²) in [6.45, 7) is 6.10. The molecule has 2 aliphatic rings. The molecular weight excluding hydrogens is 468 g/mol. The minimum Gasteiger partial charge on any atom is -0.497 e. The van der Waals surface area contributed by atoms with Gasteiger partial charge in [-0.2, -0.15) is 4.37 Å². The molecule has 6 nitrogen and oxygen atoms in total. The third kappa shape index (κ3) is 6.08. The summed E-state index contributed by atoms with van der Waals surface area (Å²) in [4.78, 5) is 17.5. The van der Waals surface area contributed by atoms with Crippen LogP contribution in [0.2, 0.25) is 0 Å². The van der Waals surface area contributed by atoms with E-state index in [4.69, 9.17) is 9.11 Å². The fourth-order valence-electron chi connectivity index (χ4n) is 5.55. The Morgan fingerprint density at radius 1 is 1.06 bits per heavy atom. The largest absolute Gasteiger partial charge is 0.497 e. The molecule has 5 rings (SSSR count). The van der Waals surface area contributed by atoms with E-state index in [0.717, 1.165) is 56.4 Å². The fraction of sp³-hybridized carbons (Fsp3) is 0.448. The average Bonchev–Trinajstić information content (AvgIpc) is 3.36. The number of methoxy groups -OCH3 is 1. The maximum Gasteiger partial charge on any atom is 0.244 e. The predicted molar refractivity (Wildman–Crippen MR) is 149 cm³/mol. The zero-order valence-electron chi connectivity index (χ0n) is 21.1. The van der Waals surface area contributed by atoms with Gasteiger partial charge in [0.25, 0.3) is 0 Å². The van der Waals surface area contributed by atoms with Crippen molar-refractivity contribution in [1.82, 2.24) is 14.6 Å². The second kappa shape index (κ2) is 11.9. The van der Waals surface area contributed by atoms with Crippen LogP contribution in [0.4, 0.5) is 5.82 Å². The molecule has 2 aromatic carbocycles. The first kappa shape index (κ1) is 24.8. The van der Waals surface area contributed by atoms with Crippen LogP contribution in [0.15, 0.2) is 54.6 Å². The van der Waals surface area contributed by atoms with Crippen LogP contribution in [0.5, 0.6) is 5.75 Å². The molecule has 1 aromatic heterocycles. The summed E-state index contributed by atoms with van der Waals surface area (Å²) in [5.74, 6) is 3.15. The maximum atomic E-state index is 12.5. The van der Waals surface area contributed by atoms with Gasteiger partial charge in [-0.1, -0.05) is 37.1 Å². The van der Waals surface area contributed by atoms with E-state index in [2.05, 4.69) is 39.4 Å². The number of nitrogens with one attached hydrogen (secondary N) is 1. The number of ether oxygens (including phenoxy) is 1. The second-order valence-corrected chi connectivity index (χ2v) is 10.8. The van der Waals surface area contributed by atoms with E-state index in [9.17, 15) is 4.79 Å². The van der Waals surface area contributed by atoms with E-state index in [1.807, 2.05) is 30.3 Å². The Morgan fingerprint density at radius 3 is 2.58 bits per heavy atom. The molecule has 0 radical (unpaired) electrons.